The van der Waals surface area contributed by atoms with Crippen molar-refractivity contribution in [2.45, 2.75) is 4.90 Å². The molecule has 0 unspecified atom stereocenters. The molecule has 0 fully saturated rings. The summed E-state index contributed by atoms with van der Waals surface area (Å²) in [6.07, 6.45) is 3.05. The van der Waals surface area contributed by atoms with Crippen LogP contribution in [0.25, 0.3) is 10.9 Å². The fourth-order valence-corrected chi connectivity index (χ4v) is 5.82. The summed E-state index contributed by atoms with van der Waals surface area (Å²) in [5, 5.41) is 12.7. The molecule has 0 saturated heterocycles. The molecule has 0 bridgehead atoms. The summed E-state index contributed by atoms with van der Waals surface area (Å²) in [6.45, 7) is 0. The molecule has 3 aromatic carbocycles. The van der Waals surface area contributed by atoms with Crippen LogP contribution in [0.2, 0.25) is 0 Å². The number of aromatic nitrogens is 3. The van der Waals surface area contributed by atoms with E-state index in [-0.39, 0.29) is 4.90 Å². The third-order valence-electron chi connectivity index (χ3n) is 5.06. The number of hydrogen-bond donors (Lipinski definition) is 4. The van der Waals surface area contributed by atoms with Gasteiger partial charge < -0.3 is 16.0 Å². The second-order valence-corrected chi connectivity index (χ2v) is 11.5. The molecule has 0 amide bonds. The van der Waals surface area contributed by atoms with Gasteiger partial charge in [-0.2, -0.15) is 0 Å². The summed E-state index contributed by atoms with van der Waals surface area (Å²) in [7, 11) is -3.73. The highest BCUT2D eigenvalue weighted by atomic mass is 79.9. The van der Waals surface area contributed by atoms with Crippen LogP contribution < -0.4 is 20.7 Å². The van der Waals surface area contributed by atoms with E-state index < -0.39 is 10.0 Å². The van der Waals surface area contributed by atoms with E-state index in [0.717, 1.165) is 26.8 Å². The second-order valence-electron chi connectivity index (χ2n) is 7.64. The number of hydrogen-bond acceptors (Lipinski definition) is 8. The molecule has 5 rings (SSSR count). The predicted molar refractivity (Wildman–Crippen MR) is 156 cm³/mol. The van der Waals surface area contributed by atoms with Gasteiger partial charge in [0.25, 0.3) is 10.0 Å². The van der Waals surface area contributed by atoms with E-state index in [0.29, 0.717) is 21.7 Å². The van der Waals surface area contributed by atoms with Crippen LogP contribution in [0.4, 0.5) is 28.0 Å². The number of thiazole rings is 1. The topological polar surface area (TPSA) is 121 Å². The van der Waals surface area contributed by atoms with Crippen molar-refractivity contribution in [3.63, 3.8) is 0 Å². The molecule has 13 heteroatoms. The zero-order valence-corrected chi connectivity index (χ0v) is 22.9. The Morgan fingerprint density at radius 3 is 2.43 bits per heavy atom. The molecule has 4 N–H and O–H groups in total. The minimum atomic E-state index is -3.73. The van der Waals surface area contributed by atoms with Gasteiger partial charge in [-0.25, -0.2) is 23.4 Å². The van der Waals surface area contributed by atoms with Crippen molar-refractivity contribution in [3.05, 3.63) is 89.1 Å². The number of nitrogens with zero attached hydrogens (tertiary/aromatic N) is 3. The fourth-order valence-electron chi connectivity index (χ4n) is 3.40. The lowest BCUT2D eigenvalue weighted by molar-refractivity contribution is 0.601. The number of sulfonamides is 1. The van der Waals surface area contributed by atoms with Crippen LogP contribution in [-0.4, -0.2) is 28.5 Å². The van der Waals surface area contributed by atoms with Crippen LogP contribution in [0.1, 0.15) is 0 Å². The maximum Gasteiger partial charge on any atom is 0.263 e. The summed E-state index contributed by atoms with van der Waals surface area (Å²) in [4.78, 5) is 12.8. The highest BCUT2D eigenvalue weighted by molar-refractivity contribution is 9.10. The average molecular weight is 613 g/mol. The van der Waals surface area contributed by atoms with Crippen molar-refractivity contribution in [1.82, 2.24) is 15.0 Å². The first-order valence-electron chi connectivity index (χ1n) is 10.7. The normalized spacial score (nSPS) is 11.2. The molecule has 186 valence electrons. The molecular formula is C24H18BrN7O2S3. The Morgan fingerprint density at radius 1 is 0.892 bits per heavy atom. The lowest BCUT2D eigenvalue weighted by atomic mass is 10.2. The maximum atomic E-state index is 12.5. The lowest BCUT2D eigenvalue weighted by Gasteiger charge is -2.13. The SMILES string of the molecule is O=S(=O)(Nc1nccs1)c1ccc(NC(=S)Nc2ccc3ncnc(Nc4cccc(Br)c4)c3c2)cc1. The van der Waals surface area contributed by atoms with Gasteiger partial charge in [-0.1, -0.05) is 22.0 Å². The minimum Gasteiger partial charge on any atom is -0.340 e. The zero-order valence-electron chi connectivity index (χ0n) is 18.8. The van der Waals surface area contributed by atoms with Gasteiger partial charge in [-0.05, 0) is 72.9 Å². The minimum absolute atomic E-state index is 0.118. The smallest absolute Gasteiger partial charge is 0.263 e. The van der Waals surface area contributed by atoms with Crippen LogP contribution in [0, 0.1) is 0 Å². The van der Waals surface area contributed by atoms with Gasteiger partial charge >= 0.3 is 0 Å². The number of anilines is 5. The van der Waals surface area contributed by atoms with E-state index in [4.69, 9.17) is 12.2 Å². The van der Waals surface area contributed by atoms with E-state index in [9.17, 15) is 8.42 Å². The van der Waals surface area contributed by atoms with Gasteiger partial charge in [-0.15, -0.1) is 11.3 Å². The molecule has 0 spiro atoms. The summed E-state index contributed by atoms with van der Waals surface area (Å²) < 4.78 is 28.4. The highest BCUT2D eigenvalue weighted by Gasteiger charge is 2.15. The molecule has 5 aromatic rings. The van der Waals surface area contributed by atoms with E-state index in [1.54, 1.807) is 17.5 Å². The van der Waals surface area contributed by atoms with Crippen LogP contribution >= 0.6 is 39.5 Å². The van der Waals surface area contributed by atoms with Crippen LogP contribution in [0.15, 0.2) is 94.0 Å². The fraction of sp³-hybridized carbons (Fsp3) is 0. The van der Waals surface area contributed by atoms with Gasteiger partial charge in [0.05, 0.1) is 10.4 Å². The molecule has 0 radical (unpaired) electrons. The molecule has 0 saturated carbocycles. The van der Waals surface area contributed by atoms with Gasteiger partial charge in [0.2, 0.25) is 0 Å². The van der Waals surface area contributed by atoms with Gasteiger partial charge in [0, 0.05) is 38.5 Å². The summed E-state index contributed by atoms with van der Waals surface area (Å²) in [6, 6.07) is 19.7. The first-order chi connectivity index (χ1) is 17.9. The van der Waals surface area contributed by atoms with E-state index in [1.807, 2.05) is 42.5 Å². The number of nitrogens with one attached hydrogen (secondary N) is 4. The van der Waals surface area contributed by atoms with Crippen molar-refractivity contribution in [3.8, 4) is 0 Å². The Hall–Kier alpha value is -3.65. The molecule has 0 aliphatic rings. The van der Waals surface area contributed by atoms with Crippen molar-refractivity contribution in [1.29, 1.82) is 0 Å². The highest BCUT2D eigenvalue weighted by Crippen LogP contribution is 2.27. The predicted octanol–water partition coefficient (Wildman–Crippen LogP) is 6.20. The second kappa shape index (κ2) is 10.8. The third-order valence-corrected chi connectivity index (χ3v) is 7.93. The van der Waals surface area contributed by atoms with Gasteiger partial charge in [0.15, 0.2) is 10.2 Å². The monoisotopic (exact) mass is 611 g/mol. The molecular weight excluding hydrogens is 594 g/mol. The molecule has 37 heavy (non-hydrogen) atoms. The van der Waals surface area contributed by atoms with Gasteiger partial charge in [0.1, 0.15) is 12.1 Å². The third kappa shape index (κ3) is 6.20. The Kier molecular flexibility index (Phi) is 7.28. The molecule has 9 nitrogen and oxygen atoms in total. The number of halogens is 1. The molecule has 0 aliphatic carbocycles. The van der Waals surface area contributed by atoms with E-state index in [2.05, 4.69) is 51.6 Å². The van der Waals surface area contributed by atoms with Crippen molar-refractivity contribution < 1.29 is 8.42 Å². The number of thiocarbonyl (C=S) groups is 1. The van der Waals surface area contributed by atoms with Gasteiger partial charge in [-0.3, -0.25) is 4.72 Å². The molecule has 2 heterocycles. The van der Waals surface area contributed by atoms with Crippen LogP contribution in [0.5, 0.6) is 0 Å². The Morgan fingerprint density at radius 2 is 1.68 bits per heavy atom. The van der Waals surface area contributed by atoms with Crippen LogP contribution in [0.3, 0.4) is 0 Å². The largest absolute Gasteiger partial charge is 0.340 e. The standard InChI is InChI=1S/C24H18BrN7O2S3/c25-15-2-1-3-17(12-15)29-22-20-13-18(6-9-21(20)27-14-28-22)31-23(35)30-16-4-7-19(8-5-16)37(33,34)32-24-26-10-11-36-24/h1-14H,(H,26,32)(H,27,28,29)(H2,30,31,35). The number of benzene rings is 3. The number of fused-ring (bicyclic) bond motifs is 1. The molecule has 2 aromatic heterocycles. The Balaban J connectivity index is 1.28. The quantitative estimate of drug-likeness (QED) is 0.159. The molecule has 0 aliphatic heterocycles. The average Bonchev–Trinajstić information content (AvgIpc) is 3.37. The summed E-state index contributed by atoms with van der Waals surface area (Å²) in [5.74, 6) is 0.661. The summed E-state index contributed by atoms with van der Waals surface area (Å²) in [5.41, 5.74) is 3.04. The van der Waals surface area contributed by atoms with Crippen molar-refractivity contribution >= 4 is 93.5 Å². The van der Waals surface area contributed by atoms with Crippen molar-refractivity contribution in [2.24, 2.45) is 0 Å². The number of rotatable bonds is 7. The summed E-state index contributed by atoms with van der Waals surface area (Å²) >= 11 is 10.1. The first-order valence-corrected chi connectivity index (χ1v) is 14.3. The molecule has 0 atom stereocenters. The maximum absolute atomic E-state index is 12.5. The zero-order chi connectivity index (χ0) is 25.8. The van der Waals surface area contributed by atoms with E-state index in [1.165, 1.54) is 36.0 Å². The first kappa shape index (κ1) is 25.0. The van der Waals surface area contributed by atoms with E-state index >= 15 is 0 Å². The van der Waals surface area contributed by atoms with Crippen molar-refractivity contribution in [2.75, 3.05) is 20.7 Å². The lowest BCUT2D eigenvalue weighted by Crippen LogP contribution is -2.19. The Bertz CT molecular complexity index is 1680. The van der Waals surface area contributed by atoms with Crippen LogP contribution in [-0.2, 0) is 10.0 Å². The Labute approximate surface area is 230 Å².